The molecule has 0 radical (unpaired) electrons. The largest absolute Gasteiger partial charge is 0.336 e. The van der Waals surface area contributed by atoms with Crippen LogP contribution < -0.4 is 0 Å². The monoisotopic (exact) mass is 402 g/mol. The third-order valence-electron chi connectivity index (χ3n) is 4.67. The van der Waals surface area contributed by atoms with Crippen LogP contribution in [0.4, 0.5) is 10.1 Å². The molecule has 2 aromatic rings. The van der Waals surface area contributed by atoms with E-state index in [1.165, 1.54) is 30.3 Å². The fraction of sp³-hybridized carbons (Fsp3) is 0.263. The predicted octanol–water partition coefficient (Wildman–Crippen LogP) is 3.41. The van der Waals surface area contributed by atoms with Gasteiger partial charge in [0.2, 0.25) is 0 Å². The number of hydrogen-bond acceptors (Lipinski definition) is 5. The summed E-state index contributed by atoms with van der Waals surface area (Å²) in [5.74, 6) is -0.756. The van der Waals surface area contributed by atoms with Gasteiger partial charge in [-0.2, -0.15) is 5.26 Å². The molecule has 144 valence electrons. The minimum absolute atomic E-state index is 0.0830. The van der Waals surface area contributed by atoms with Crippen molar-refractivity contribution in [1.82, 2.24) is 9.80 Å². The topological polar surface area (TPSA) is 90.5 Å². The molecule has 1 amide bonds. The second-order valence-electron chi connectivity index (χ2n) is 6.33. The van der Waals surface area contributed by atoms with Crippen LogP contribution in [0.2, 0.25) is 5.02 Å². The number of carbonyl (C=O) groups is 1. The van der Waals surface area contributed by atoms with Crippen molar-refractivity contribution in [2.45, 2.75) is 6.04 Å². The van der Waals surface area contributed by atoms with Crippen molar-refractivity contribution < 1.29 is 14.1 Å². The molecule has 0 aliphatic carbocycles. The molecule has 2 aromatic carbocycles. The lowest BCUT2D eigenvalue weighted by atomic mass is 10.1. The van der Waals surface area contributed by atoms with Gasteiger partial charge in [0.25, 0.3) is 11.6 Å². The van der Waals surface area contributed by atoms with E-state index < -0.39 is 11.0 Å². The highest BCUT2D eigenvalue weighted by atomic mass is 35.5. The first-order valence-electron chi connectivity index (χ1n) is 8.53. The van der Waals surface area contributed by atoms with Crippen LogP contribution in [0.3, 0.4) is 0 Å². The SMILES string of the molecule is N#C[C@@H](c1ccc(F)cc1)N1CCN(C(=O)c2cc([N+](=O)[O-])ccc2Cl)CC1. The first-order chi connectivity index (χ1) is 13.4. The fourth-order valence-corrected chi connectivity index (χ4v) is 3.35. The average Bonchev–Trinajstić information content (AvgIpc) is 2.70. The van der Waals surface area contributed by atoms with Crippen molar-refractivity contribution in [3.05, 3.63) is 74.5 Å². The van der Waals surface area contributed by atoms with Gasteiger partial charge in [-0.25, -0.2) is 4.39 Å². The number of non-ortho nitro benzene ring substituents is 1. The number of nitriles is 1. The fourth-order valence-electron chi connectivity index (χ4n) is 3.16. The molecule has 1 aliphatic rings. The van der Waals surface area contributed by atoms with Crippen molar-refractivity contribution >= 4 is 23.2 Å². The normalized spacial score (nSPS) is 15.7. The summed E-state index contributed by atoms with van der Waals surface area (Å²) in [6.07, 6.45) is 0. The van der Waals surface area contributed by atoms with Gasteiger partial charge in [0.1, 0.15) is 11.9 Å². The number of nitro groups is 1. The molecule has 9 heteroatoms. The highest BCUT2D eigenvalue weighted by Crippen LogP contribution is 2.26. The Balaban J connectivity index is 1.70. The van der Waals surface area contributed by atoms with Crippen LogP contribution in [-0.4, -0.2) is 46.8 Å². The van der Waals surface area contributed by atoms with Crippen LogP contribution >= 0.6 is 11.6 Å². The van der Waals surface area contributed by atoms with Crippen LogP contribution in [0.5, 0.6) is 0 Å². The van der Waals surface area contributed by atoms with Gasteiger partial charge in [0.15, 0.2) is 0 Å². The summed E-state index contributed by atoms with van der Waals surface area (Å²) in [6, 6.07) is 11.2. The van der Waals surface area contributed by atoms with Crippen LogP contribution in [0, 0.1) is 27.3 Å². The molecule has 1 heterocycles. The number of carbonyl (C=O) groups excluding carboxylic acids is 1. The second kappa shape index (κ2) is 8.33. The van der Waals surface area contributed by atoms with Crippen LogP contribution in [-0.2, 0) is 0 Å². The summed E-state index contributed by atoms with van der Waals surface area (Å²) in [5.41, 5.74) is 0.567. The van der Waals surface area contributed by atoms with Gasteiger partial charge in [-0.05, 0) is 23.8 Å². The zero-order valence-electron chi connectivity index (χ0n) is 14.7. The Hall–Kier alpha value is -3.02. The van der Waals surface area contributed by atoms with Gasteiger partial charge in [-0.1, -0.05) is 23.7 Å². The number of nitrogens with zero attached hydrogens (tertiary/aromatic N) is 4. The molecule has 0 saturated carbocycles. The zero-order chi connectivity index (χ0) is 20.3. The number of benzene rings is 2. The summed E-state index contributed by atoms with van der Waals surface area (Å²) in [4.78, 5) is 26.6. The number of piperazine rings is 1. The summed E-state index contributed by atoms with van der Waals surface area (Å²) >= 11 is 6.06. The van der Waals surface area contributed by atoms with Gasteiger partial charge >= 0.3 is 0 Å². The number of hydrogen-bond donors (Lipinski definition) is 0. The highest BCUT2D eigenvalue weighted by molar-refractivity contribution is 6.33. The van der Waals surface area contributed by atoms with E-state index in [1.54, 1.807) is 17.0 Å². The van der Waals surface area contributed by atoms with Crippen molar-refractivity contribution in [3.8, 4) is 6.07 Å². The molecule has 0 spiro atoms. The van der Waals surface area contributed by atoms with E-state index in [0.717, 1.165) is 0 Å². The van der Waals surface area contributed by atoms with Gasteiger partial charge in [0, 0.05) is 38.3 Å². The van der Waals surface area contributed by atoms with Crippen molar-refractivity contribution in [2.24, 2.45) is 0 Å². The third-order valence-corrected chi connectivity index (χ3v) is 5.00. The standard InChI is InChI=1S/C19H16ClFN4O3/c20-17-6-5-15(25(27)28)11-16(17)19(26)24-9-7-23(8-10-24)18(12-22)13-1-3-14(21)4-2-13/h1-6,11,18H,7-10H2/t18-/m0/s1. The lowest BCUT2D eigenvalue weighted by Crippen LogP contribution is -2.49. The van der Waals surface area contributed by atoms with Gasteiger partial charge < -0.3 is 4.90 Å². The van der Waals surface area contributed by atoms with Crippen LogP contribution in [0.1, 0.15) is 22.0 Å². The molecule has 1 aliphatic heterocycles. The molecule has 3 rings (SSSR count). The lowest BCUT2D eigenvalue weighted by Gasteiger charge is -2.37. The van der Waals surface area contributed by atoms with Crippen molar-refractivity contribution in [2.75, 3.05) is 26.2 Å². The quantitative estimate of drug-likeness (QED) is 0.577. The van der Waals surface area contributed by atoms with Crippen LogP contribution in [0.15, 0.2) is 42.5 Å². The number of nitro benzene ring substituents is 1. The number of halogens is 2. The Bertz CT molecular complexity index is 937. The molecular formula is C19H16ClFN4O3. The Morgan fingerprint density at radius 3 is 2.39 bits per heavy atom. The molecular weight excluding hydrogens is 387 g/mol. The predicted molar refractivity (Wildman–Crippen MR) is 100 cm³/mol. The van der Waals surface area contributed by atoms with E-state index in [-0.39, 0.29) is 28.0 Å². The molecule has 1 atom stereocenters. The lowest BCUT2D eigenvalue weighted by molar-refractivity contribution is -0.384. The molecule has 1 saturated heterocycles. The summed E-state index contributed by atoms with van der Waals surface area (Å²) in [5, 5.41) is 20.6. The van der Waals surface area contributed by atoms with E-state index >= 15 is 0 Å². The molecule has 0 N–H and O–H groups in total. The van der Waals surface area contributed by atoms with E-state index in [2.05, 4.69) is 6.07 Å². The van der Waals surface area contributed by atoms with Gasteiger partial charge in [0.05, 0.1) is 21.6 Å². The first-order valence-corrected chi connectivity index (χ1v) is 8.91. The van der Waals surface area contributed by atoms with E-state index in [4.69, 9.17) is 11.6 Å². The summed E-state index contributed by atoms with van der Waals surface area (Å²) in [7, 11) is 0. The highest BCUT2D eigenvalue weighted by Gasteiger charge is 2.29. The molecule has 0 bridgehead atoms. The van der Waals surface area contributed by atoms with E-state index in [9.17, 15) is 24.6 Å². The second-order valence-corrected chi connectivity index (χ2v) is 6.74. The minimum atomic E-state index is -0.578. The smallest absolute Gasteiger partial charge is 0.270 e. The summed E-state index contributed by atoms with van der Waals surface area (Å²) in [6.45, 7) is 1.57. The molecule has 1 fully saturated rings. The Morgan fingerprint density at radius 1 is 1.18 bits per heavy atom. The molecule has 0 unspecified atom stereocenters. The molecule has 28 heavy (non-hydrogen) atoms. The molecule has 7 nitrogen and oxygen atoms in total. The number of rotatable bonds is 4. The Labute approximate surface area is 165 Å². The number of amides is 1. The summed E-state index contributed by atoms with van der Waals surface area (Å²) < 4.78 is 13.1. The van der Waals surface area contributed by atoms with E-state index in [0.29, 0.717) is 31.7 Å². The van der Waals surface area contributed by atoms with Gasteiger partial charge in [-0.3, -0.25) is 19.8 Å². The Morgan fingerprint density at radius 2 is 1.82 bits per heavy atom. The Kier molecular flexibility index (Phi) is 5.87. The van der Waals surface area contributed by atoms with Crippen molar-refractivity contribution in [1.29, 1.82) is 5.26 Å². The van der Waals surface area contributed by atoms with E-state index in [1.807, 2.05) is 4.90 Å². The minimum Gasteiger partial charge on any atom is -0.336 e. The average molecular weight is 403 g/mol. The molecule has 0 aromatic heterocycles. The van der Waals surface area contributed by atoms with Crippen molar-refractivity contribution in [3.63, 3.8) is 0 Å². The van der Waals surface area contributed by atoms with Gasteiger partial charge in [-0.15, -0.1) is 0 Å². The first kappa shape index (κ1) is 19.7. The van der Waals surface area contributed by atoms with Crippen LogP contribution in [0.25, 0.3) is 0 Å². The zero-order valence-corrected chi connectivity index (χ0v) is 15.5. The third kappa shape index (κ3) is 4.11. The maximum atomic E-state index is 13.1. The maximum Gasteiger partial charge on any atom is 0.270 e. The maximum absolute atomic E-state index is 13.1.